The number of aryl methyl sites for hydroxylation is 4. The second-order valence-corrected chi connectivity index (χ2v) is 4.64. The zero-order valence-electron chi connectivity index (χ0n) is 9.72. The summed E-state index contributed by atoms with van der Waals surface area (Å²) in [6, 6.07) is 0. The molecule has 0 unspecified atom stereocenters. The van der Waals surface area contributed by atoms with Gasteiger partial charge < -0.3 is 4.57 Å². The van der Waals surface area contributed by atoms with Crippen LogP contribution in [-0.2, 0) is 20.0 Å². The van der Waals surface area contributed by atoms with Crippen molar-refractivity contribution >= 4 is 15.9 Å². The van der Waals surface area contributed by atoms with Crippen LogP contribution in [0.1, 0.15) is 11.5 Å². The van der Waals surface area contributed by atoms with E-state index < -0.39 is 0 Å². The van der Waals surface area contributed by atoms with E-state index in [1.165, 1.54) is 0 Å². The smallest absolute Gasteiger partial charge is 0.267 e. The highest BCUT2D eigenvalue weighted by molar-refractivity contribution is 9.10. The van der Waals surface area contributed by atoms with Crippen molar-refractivity contribution in [1.29, 1.82) is 0 Å². The highest BCUT2D eigenvalue weighted by Gasteiger charge is 2.06. The van der Waals surface area contributed by atoms with Crippen LogP contribution >= 0.6 is 15.9 Å². The van der Waals surface area contributed by atoms with Crippen LogP contribution in [0.2, 0.25) is 0 Å². The van der Waals surface area contributed by atoms with Gasteiger partial charge in [-0.05, 0) is 22.9 Å². The zero-order chi connectivity index (χ0) is 12.4. The zero-order valence-corrected chi connectivity index (χ0v) is 11.3. The van der Waals surface area contributed by atoms with Gasteiger partial charge in [0, 0.05) is 32.4 Å². The average molecular weight is 297 g/mol. The van der Waals surface area contributed by atoms with Gasteiger partial charge in [-0.15, -0.1) is 0 Å². The Balaban J connectivity index is 2.18. The second-order valence-electron chi connectivity index (χ2n) is 3.85. The molecule has 0 saturated heterocycles. The molecule has 2 heterocycles. The Kier molecular flexibility index (Phi) is 3.42. The summed E-state index contributed by atoms with van der Waals surface area (Å²) in [6.07, 6.45) is 5.93. The first-order chi connectivity index (χ1) is 8.09. The molecule has 0 fully saturated rings. The van der Waals surface area contributed by atoms with Gasteiger partial charge in [-0.2, -0.15) is 0 Å². The first kappa shape index (κ1) is 12.0. The van der Waals surface area contributed by atoms with Crippen molar-refractivity contribution in [3.05, 3.63) is 45.1 Å². The van der Waals surface area contributed by atoms with Crippen LogP contribution in [0.5, 0.6) is 0 Å². The van der Waals surface area contributed by atoms with E-state index in [4.69, 9.17) is 0 Å². The molecule has 2 aromatic rings. The third kappa shape index (κ3) is 2.46. The topological polar surface area (TPSA) is 52.7 Å². The number of nitrogens with zero attached hydrogens (tertiary/aromatic N) is 4. The van der Waals surface area contributed by atoms with E-state index >= 15 is 0 Å². The summed E-state index contributed by atoms with van der Waals surface area (Å²) in [5.41, 5.74) is 0.662. The molecule has 0 saturated carbocycles. The summed E-state index contributed by atoms with van der Waals surface area (Å²) in [4.78, 5) is 20.2. The van der Waals surface area contributed by atoms with Gasteiger partial charge in [0.25, 0.3) is 5.56 Å². The van der Waals surface area contributed by atoms with Crippen LogP contribution in [0.4, 0.5) is 0 Å². The van der Waals surface area contributed by atoms with Gasteiger partial charge in [0.1, 0.15) is 10.3 Å². The minimum atomic E-state index is -0.0493. The minimum absolute atomic E-state index is 0.0493. The summed E-state index contributed by atoms with van der Waals surface area (Å²) in [7, 11) is 1.94. The van der Waals surface area contributed by atoms with Gasteiger partial charge in [0.15, 0.2) is 0 Å². The molecule has 0 aliphatic carbocycles. The fourth-order valence-electron chi connectivity index (χ4n) is 1.56. The number of aromatic nitrogens is 4. The summed E-state index contributed by atoms with van der Waals surface area (Å²) in [6.45, 7) is 2.38. The van der Waals surface area contributed by atoms with Crippen LogP contribution in [0.25, 0.3) is 0 Å². The van der Waals surface area contributed by atoms with Crippen molar-refractivity contribution in [2.75, 3.05) is 0 Å². The Morgan fingerprint density at radius 1 is 1.41 bits per heavy atom. The molecule has 2 aromatic heterocycles. The molecule has 0 bridgehead atoms. The number of hydrogen-bond donors (Lipinski definition) is 0. The molecule has 17 heavy (non-hydrogen) atoms. The highest BCUT2D eigenvalue weighted by Crippen LogP contribution is 2.06. The molecule has 0 amide bonds. The van der Waals surface area contributed by atoms with Gasteiger partial charge >= 0.3 is 0 Å². The summed E-state index contributed by atoms with van der Waals surface area (Å²) >= 11 is 3.25. The molecular formula is C11H13BrN4O. The molecule has 6 heteroatoms. The van der Waals surface area contributed by atoms with Crippen molar-refractivity contribution in [1.82, 2.24) is 19.1 Å². The third-order valence-corrected chi connectivity index (χ3v) is 3.57. The Bertz CT molecular complexity index is 587. The van der Waals surface area contributed by atoms with Crippen molar-refractivity contribution in [3.63, 3.8) is 0 Å². The lowest BCUT2D eigenvalue weighted by atomic mass is 10.4. The Labute approximate surface area is 107 Å². The number of rotatable bonds is 3. The predicted octanol–water partition coefficient (Wildman–Crippen LogP) is 1.29. The Hall–Kier alpha value is -1.43. The molecule has 0 atom stereocenters. The second kappa shape index (κ2) is 4.83. The highest BCUT2D eigenvalue weighted by atomic mass is 79.9. The fourth-order valence-corrected chi connectivity index (χ4v) is 1.89. The lowest BCUT2D eigenvalue weighted by Gasteiger charge is -2.06. The maximum atomic E-state index is 11.9. The number of hydrogen-bond acceptors (Lipinski definition) is 3. The Morgan fingerprint density at radius 3 is 2.82 bits per heavy atom. The first-order valence-corrected chi connectivity index (χ1v) is 6.06. The lowest BCUT2D eigenvalue weighted by molar-refractivity contribution is 0.616. The monoisotopic (exact) mass is 296 g/mol. The molecule has 5 nitrogen and oxygen atoms in total. The molecule has 0 spiro atoms. The van der Waals surface area contributed by atoms with Crippen LogP contribution in [0.3, 0.4) is 0 Å². The van der Waals surface area contributed by atoms with Gasteiger partial charge in [-0.1, -0.05) is 0 Å². The standard InChI is InChI=1S/C11H13BrN4O/c1-8-10(12)11(17)16(7-14-8)5-3-9-13-4-6-15(9)2/h4,6-7H,3,5H2,1-2H3. The van der Waals surface area contributed by atoms with Gasteiger partial charge in [-0.3, -0.25) is 9.36 Å². The number of halogens is 1. The maximum absolute atomic E-state index is 11.9. The van der Waals surface area contributed by atoms with Crippen LogP contribution in [-0.4, -0.2) is 19.1 Å². The van der Waals surface area contributed by atoms with Gasteiger partial charge in [0.2, 0.25) is 0 Å². The quantitative estimate of drug-likeness (QED) is 0.858. The van der Waals surface area contributed by atoms with E-state index in [9.17, 15) is 4.79 Å². The van der Waals surface area contributed by atoms with Crippen LogP contribution in [0.15, 0.2) is 28.0 Å². The van der Waals surface area contributed by atoms with E-state index in [2.05, 4.69) is 25.9 Å². The fraction of sp³-hybridized carbons (Fsp3) is 0.364. The maximum Gasteiger partial charge on any atom is 0.267 e. The van der Waals surface area contributed by atoms with Gasteiger partial charge in [0.05, 0.1) is 12.0 Å². The van der Waals surface area contributed by atoms with Crippen molar-refractivity contribution in [3.8, 4) is 0 Å². The van der Waals surface area contributed by atoms with Crippen molar-refractivity contribution in [2.45, 2.75) is 19.9 Å². The van der Waals surface area contributed by atoms with Crippen LogP contribution < -0.4 is 5.56 Å². The molecule has 2 rings (SSSR count). The molecule has 0 radical (unpaired) electrons. The molecule has 0 aliphatic heterocycles. The van der Waals surface area contributed by atoms with E-state index in [0.29, 0.717) is 23.1 Å². The number of imidazole rings is 1. The normalized spacial score (nSPS) is 10.8. The Morgan fingerprint density at radius 2 is 2.18 bits per heavy atom. The first-order valence-electron chi connectivity index (χ1n) is 5.27. The molecule has 0 N–H and O–H groups in total. The predicted molar refractivity (Wildman–Crippen MR) is 67.8 cm³/mol. The largest absolute Gasteiger partial charge is 0.338 e. The van der Waals surface area contributed by atoms with E-state index in [1.807, 2.05) is 17.8 Å². The van der Waals surface area contributed by atoms with E-state index in [0.717, 1.165) is 5.82 Å². The average Bonchev–Trinajstić information content (AvgIpc) is 2.71. The molecular weight excluding hydrogens is 284 g/mol. The van der Waals surface area contributed by atoms with Crippen molar-refractivity contribution < 1.29 is 0 Å². The van der Waals surface area contributed by atoms with Crippen molar-refractivity contribution in [2.24, 2.45) is 7.05 Å². The molecule has 90 valence electrons. The van der Waals surface area contributed by atoms with Gasteiger partial charge in [-0.25, -0.2) is 9.97 Å². The van der Waals surface area contributed by atoms with E-state index in [1.54, 1.807) is 24.0 Å². The SMILES string of the molecule is Cc1ncn(CCc2nccn2C)c(=O)c1Br. The minimum Gasteiger partial charge on any atom is -0.338 e. The lowest BCUT2D eigenvalue weighted by Crippen LogP contribution is -2.23. The molecule has 0 aliphatic rings. The summed E-state index contributed by atoms with van der Waals surface area (Å²) < 4.78 is 4.06. The third-order valence-electron chi connectivity index (χ3n) is 2.65. The molecule has 0 aromatic carbocycles. The summed E-state index contributed by atoms with van der Waals surface area (Å²) in [5, 5.41) is 0. The van der Waals surface area contributed by atoms with E-state index in [-0.39, 0.29) is 5.56 Å². The summed E-state index contributed by atoms with van der Waals surface area (Å²) in [5.74, 6) is 0.952. The van der Waals surface area contributed by atoms with Crippen LogP contribution in [0, 0.1) is 6.92 Å².